The molecule has 2 saturated heterocycles. The minimum absolute atomic E-state index is 0.0165. The molecule has 1 amide bonds. The van der Waals surface area contributed by atoms with E-state index in [1.165, 1.54) is 16.4 Å². The van der Waals surface area contributed by atoms with Crippen LogP contribution in [0.1, 0.15) is 31.2 Å². The van der Waals surface area contributed by atoms with Crippen LogP contribution in [0.25, 0.3) is 0 Å². The molecular weight excluding hydrogens is 459 g/mol. The molecule has 2 atom stereocenters. The van der Waals surface area contributed by atoms with Gasteiger partial charge >= 0.3 is 0 Å². The van der Waals surface area contributed by atoms with E-state index in [9.17, 15) is 17.6 Å². The van der Waals surface area contributed by atoms with Gasteiger partial charge in [0.05, 0.1) is 24.0 Å². The third-order valence-electron chi connectivity index (χ3n) is 6.45. The maximum Gasteiger partial charge on any atom is 0.243 e. The van der Waals surface area contributed by atoms with Gasteiger partial charge in [0.2, 0.25) is 15.9 Å². The first-order valence-corrected chi connectivity index (χ1v) is 13.1. The summed E-state index contributed by atoms with van der Waals surface area (Å²) in [5.41, 5.74) is 0.942. The van der Waals surface area contributed by atoms with Crippen LogP contribution in [0.15, 0.2) is 53.4 Å². The van der Waals surface area contributed by atoms with E-state index >= 15 is 0 Å². The molecule has 2 aliphatic rings. The van der Waals surface area contributed by atoms with E-state index in [0.29, 0.717) is 39.1 Å². The Balaban J connectivity index is 1.51. The van der Waals surface area contributed by atoms with Crippen molar-refractivity contribution in [1.29, 1.82) is 0 Å². The van der Waals surface area contributed by atoms with E-state index < -0.39 is 21.8 Å². The quantitative estimate of drug-likeness (QED) is 0.567. The highest BCUT2D eigenvalue weighted by Gasteiger charge is 2.36. The van der Waals surface area contributed by atoms with Gasteiger partial charge in [-0.3, -0.25) is 4.79 Å². The summed E-state index contributed by atoms with van der Waals surface area (Å²) >= 11 is 0. The van der Waals surface area contributed by atoms with E-state index in [4.69, 9.17) is 9.47 Å². The largest absolute Gasteiger partial charge is 0.497 e. The van der Waals surface area contributed by atoms with Crippen molar-refractivity contribution >= 4 is 15.9 Å². The zero-order valence-electron chi connectivity index (χ0n) is 19.4. The maximum atomic E-state index is 13.7. The van der Waals surface area contributed by atoms with Gasteiger partial charge in [-0.25, -0.2) is 12.8 Å². The number of ether oxygens (including phenoxy) is 2. The van der Waals surface area contributed by atoms with Gasteiger partial charge in [0.25, 0.3) is 0 Å². The minimum Gasteiger partial charge on any atom is -0.497 e. The molecule has 0 N–H and O–H groups in total. The monoisotopic (exact) mass is 490 g/mol. The molecule has 184 valence electrons. The van der Waals surface area contributed by atoms with Gasteiger partial charge in [0.15, 0.2) is 0 Å². The molecular formula is C25H31FN2O5S. The number of hydrogen-bond acceptors (Lipinski definition) is 5. The van der Waals surface area contributed by atoms with Gasteiger partial charge in [-0.2, -0.15) is 4.31 Å². The number of amides is 1. The Morgan fingerprint density at radius 2 is 1.97 bits per heavy atom. The van der Waals surface area contributed by atoms with Gasteiger partial charge in [-0.15, -0.1) is 0 Å². The van der Waals surface area contributed by atoms with Crippen molar-refractivity contribution in [2.45, 2.75) is 43.2 Å². The molecule has 2 fully saturated rings. The number of rotatable bonds is 8. The zero-order chi connectivity index (χ0) is 24.1. The lowest BCUT2D eigenvalue weighted by molar-refractivity contribution is -0.139. The smallest absolute Gasteiger partial charge is 0.243 e. The average Bonchev–Trinajstić information content (AvgIpc) is 3.37. The molecule has 0 aromatic heterocycles. The van der Waals surface area contributed by atoms with E-state index in [1.54, 1.807) is 12.0 Å². The summed E-state index contributed by atoms with van der Waals surface area (Å²) in [6.07, 6.45) is 3.06. The molecule has 34 heavy (non-hydrogen) atoms. The van der Waals surface area contributed by atoms with Gasteiger partial charge in [0, 0.05) is 32.8 Å². The van der Waals surface area contributed by atoms with Crippen molar-refractivity contribution in [2.24, 2.45) is 5.92 Å². The van der Waals surface area contributed by atoms with Crippen LogP contribution >= 0.6 is 0 Å². The SMILES string of the molecule is COc1cccc(CN(CC2CCCO2)C(=O)C2CCCN(S(=O)(=O)c3ccc(F)cc3)C2)c1. The molecule has 2 unspecified atom stereocenters. The number of hydrogen-bond donors (Lipinski definition) is 0. The Kier molecular flexibility index (Phi) is 7.85. The van der Waals surface area contributed by atoms with Crippen LogP contribution in [0.2, 0.25) is 0 Å². The Bertz CT molecular complexity index is 1090. The Hall–Kier alpha value is -2.49. The molecule has 0 spiro atoms. The summed E-state index contributed by atoms with van der Waals surface area (Å²) < 4.78 is 52.0. The summed E-state index contributed by atoms with van der Waals surface area (Å²) in [7, 11) is -2.20. The molecule has 2 aromatic carbocycles. The van der Waals surface area contributed by atoms with Crippen LogP contribution in [-0.2, 0) is 26.1 Å². The summed E-state index contributed by atoms with van der Waals surface area (Å²) in [6.45, 7) is 2.01. The van der Waals surface area contributed by atoms with Crippen LogP contribution in [0.3, 0.4) is 0 Å². The first-order valence-electron chi connectivity index (χ1n) is 11.7. The van der Waals surface area contributed by atoms with E-state index in [-0.39, 0.29) is 23.5 Å². The predicted octanol–water partition coefficient (Wildman–Crippen LogP) is 3.44. The third kappa shape index (κ3) is 5.76. The number of carbonyl (C=O) groups excluding carboxylic acids is 1. The molecule has 2 aliphatic heterocycles. The van der Waals surface area contributed by atoms with Crippen LogP contribution in [0.4, 0.5) is 4.39 Å². The number of methoxy groups -OCH3 is 1. The molecule has 0 aliphatic carbocycles. The van der Waals surface area contributed by atoms with Gasteiger partial charge < -0.3 is 14.4 Å². The first kappa shape index (κ1) is 24.6. The van der Waals surface area contributed by atoms with Crippen molar-refractivity contribution in [1.82, 2.24) is 9.21 Å². The molecule has 0 radical (unpaired) electrons. The lowest BCUT2D eigenvalue weighted by Crippen LogP contribution is -2.48. The van der Waals surface area contributed by atoms with Crippen LogP contribution in [0, 0.1) is 11.7 Å². The Morgan fingerprint density at radius 3 is 2.68 bits per heavy atom. The Morgan fingerprint density at radius 1 is 1.18 bits per heavy atom. The maximum absolute atomic E-state index is 13.7. The summed E-state index contributed by atoms with van der Waals surface area (Å²) in [6, 6.07) is 12.4. The second-order valence-corrected chi connectivity index (χ2v) is 10.8. The average molecular weight is 491 g/mol. The molecule has 7 nitrogen and oxygen atoms in total. The summed E-state index contributed by atoms with van der Waals surface area (Å²) in [4.78, 5) is 15.5. The fraction of sp³-hybridized carbons (Fsp3) is 0.480. The zero-order valence-corrected chi connectivity index (χ0v) is 20.2. The topological polar surface area (TPSA) is 76.2 Å². The van der Waals surface area contributed by atoms with Crippen molar-refractivity contribution < 1.29 is 27.1 Å². The molecule has 0 saturated carbocycles. The van der Waals surface area contributed by atoms with E-state index in [1.807, 2.05) is 24.3 Å². The lowest BCUT2D eigenvalue weighted by atomic mass is 9.97. The number of sulfonamides is 1. The highest BCUT2D eigenvalue weighted by atomic mass is 32.2. The molecule has 0 bridgehead atoms. The highest BCUT2D eigenvalue weighted by Crippen LogP contribution is 2.27. The molecule has 4 rings (SSSR count). The van der Waals surface area contributed by atoms with Gasteiger partial charge in [-0.05, 0) is 67.6 Å². The number of piperidine rings is 1. The normalized spacial score (nSPS) is 21.4. The predicted molar refractivity (Wildman–Crippen MR) is 125 cm³/mol. The van der Waals surface area contributed by atoms with Gasteiger partial charge in [0.1, 0.15) is 11.6 Å². The van der Waals surface area contributed by atoms with E-state index in [2.05, 4.69) is 0 Å². The third-order valence-corrected chi connectivity index (χ3v) is 8.33. The molecule has 2 aromatic rings. The van der Waals surface area contributed by atoms with Crippen molar-refractivity contribution in [3.8, 4) is 5.75 Å². The van der Waals surface area contributed by atoms with Crippen molar-refractivity contribution in [2.75, 3.05) is 33.4 Å². The second kappa shape index (κ2) is 10.8. The first-order chi connectivity index (χ1) is 16.4. The number of halogens is 1. The lowest BCUT2D eigenvalue weighted by Gasteiger charge is -2.35. The minimum atomic E-state index is -3.81. The Labute approximate surface area is 200 Å². The summed E-state index contributed by atoms with van der Waals surface area (Å²) in [5.74, 6) is -0.294. The number of nitrogens with zero attached hydrogens (tertiary/aromatic N) is 2. The van der Waals surface area contributed by atoms with Crippen LogP contribution in [-0.4, -0.2) is 63.0 Å². The highest BCUT2D eigenvalue weighted by molar-refractivity contribution is 7.89. The fourth-order valence-corrected chi connectivity index (χ4v) is 6.16. The number of carbonyl (C=O) groups is 1. The van der Waals surface area contributed by atoms with Crippen molar-refractivity contribution in [3.63, 3.8) is 0 Å². The summed E-state index contributed by atoms with van der Waals surface area (Å²) in [5, 5.41) is 0. The standard InChI is InChI=1S/C25H31FN2O5S/c1-32-22-7-2-5-19(15-22)16-27(18-23-8-4-14-33-23)25(29)20-6-3-13-28(17-20)34(30,31)24-11-9-21(26)10-12-24/h2,5,7,9-12,15,20,23H,3-4,6,8,13-14,16-18H2,1H3. The molecule has 9 heteroatoms. The van der Waals surface area contributed by atoms with E-state index in [0.717, 1.165) is 36.3 Å². The fourth-order valence-electron chi connectivity index (χ4n) is 4.63. The number of benzene rings is 2. The van der Waals surface area contributed by atoms with Crippen molar-refractivity contribution in [3.05, 3.63) is 59.9 Å². The van der Waals surface area contributed by atoms with Gasteiger partial charge in [-0.1, -0.05) is 12.1 Å². The van der Waals surface area contributed by atoms with Crippen LogP contribution in [0.5, 0.6) is 5.75 Å². The second-order valence-electron chi connectivity index (χ2n) is 8.86. The van der Waals surface area contributed by atoms with Crippen LogP contribution < -0.4 is 4.74 Å². The molecule has 2 heterocycles.